The predicted octanol–water partition coefficient (Wildman–Crippen LogP) is 2.09. The van der Waals surface area contributed by atoms with Gasteiger partial charge in [0.1, 0.15) is 24.3 Å². The Morgan fingerprint density at radius 1 is 1.33 bits per heavy atom. The van der Waals surface area contributed by atoms with Crippen LogP contribution in [0.1, 0.15) is 17.5 Å². The lowest BCUT2D eigenvalue weighted by Gasteiger charge is -2.10. The van der Waals surface area contributed by atoms with E-state index in [2.05, 4.69) is 0 Å². The smallest absolute Gasteiger partial charge is 0.126 e. The van der Waals surface area contributed by atoms with E-state index in [0.717, 1.165) is 42.7 Å². The normalized spacial score (nSPS) is 22.6. The van der Waals surface area contributed by atoms with Crippen LogP contribution in [0.4, 0.5) is 4.39 Å². The van der Waals surface area contributed by atoms with Gasteiger partial charge < -0.3 is 9.47 Å². The molecule has 0 aromatic heterocycles. The minimum Gasteiger partial charge on any atom is -0.490 e. The summed E-state index contributed by atoms with van der Waals surface area (Å²) in [7, 11) is 0. The summed E-state index contributed by atoms with van der Waals surface area (Å²) in [6.45, 7) is 1.39. The Kier molecular flexibility index (Phi) is 2.13. The first-order valence-electron chi connectivity index (χ1n) is 5.39. The fourth-order valence-electron chi connectivity index (χ4n) is 2.11. The third-order valence-corrected chi connectivity index (χ3v) is 3.01. The van der Waals surface area contributed by atoms with Crippen LogP contribution >= 0.6 is 0 Å². The van der Waals surface area contributed by atoms with E-state index < -0.39 is 0 Å². The van der Waals surface area contributed by atoms with Crippen LogP contribution in [0.3, 0.4) is 0 Å². The lowest BCUT2D eigenvalue weighted by atomic mass is 10.1. The van der Waals surface area contributed by atoms with E-state index >= 15 is 0 Å². The molecule has 0 amide bonds. The molecular formula is C12H13FO2. The Hall–Kier alpha value is -1.09. The van der Waals surface area contributed by atoms with Crippen LogP contribution in [-0.2, 0) is 17.6 Å². The first-order valence-corrected chi connectivity index (χ1v) is 5.39. The summed E-state index contributed by atoms with van der Waals surface area (Å²) in [5.41, 5.74) is 1.92. The van der Waals surface area contributed by atoms with Crippen molar-refractivity contribution in [2.45, 2.75) is 25.4 Å². The second-order valence-electron chi connectivity index (χ2n) is 4.12. The molecule has 0 radical (unpaired) electrons. The second kappa shape index (κ2) is 3.49. The lowest BCUT2D eigenvalue weighted by Crippen LogP contribution is -2.06. The molecule has 1 fully saturated rings. The monoisotopic (exact) mass is 208 g/mol. The van der Waals surface area contributed by atoms with Gasteiger partial charge in [-0.3, -0.25) is 0 Å². The average Bonchev–Trinajstić information content (AvgIpc) is 2.92. The third-order valence-electron chi connectivity index (χ3n) is 3.01. The van der Waals surface area contributed by atoms with E-state index in [-0.39, 0.29) is 11.9 Å². The maximum atomic E-state index is 13.4. The Labute approximate surface area is 88.0 Å². The predicted molar refractivity (Wildman–Crippen MR) is 53.7 cm³/mol. The summed E-state index contributed by atoms with van der Waals surface area (Å²) in [6, 6.07) is 3.25. The fourth-order valence-corrected chi connectivity index (χ4v) is 2.11. The highest BCUT2D eigenvalue weighted by Crippen LogP contribution is 2.32. The molecule has 1 atom stereocenters. The van der Waals surface area contributed by atoms with Crippen molar-refractivity contribution in [2.24, 2.45) is 0 Å². The number of hydrogen-bond donors (Lipinski definition) is 0. The topological polar surface area (TPSA) is 21.8 Å². The van der Waals surface area contributed by atoms with Crippen molar-refractivity contribution in [2.75, 3.05) is 13.2 Å². The zero-order valence-electron chi connectivity index (χ0n) is 8.46. The second-order valence-corrected chi connectivity index (χ2v) is 4.12. The van der Waals surface area contributed by atoms with Crippen LogP contribution < -0.4 is 4.74 Å². The van der Waals surface area contributed by atoms with Gasteiger partial charge in [-0.25, -0.2) is 4.39 Å². The Morgan fingerprint density at radius 2 is 2.13 bits per heavy atom. The molecule has 1 aromatic carbocycles. The molecule has 3 rings (SSSR count). The SMILES string of the molecule is Fc1ccc(OCC2CO2)c2c1CCC2. The number of benzene rings is 1. The van der Waals surface area contributed by atoms with Gasteiger partial charge in [-0.05, 0) is 37.0 Å². The van der Waals surface area contributed by atoms with Gasteiger partial charge >= 0.3 is 0 Å². The molecule has 80 valence electrons. The molecule has 1 aliphatic carbocycles. The van der Waals surface area contributed by atoms with Gasteiger partial charge in [0.2, 0.25) is 0 Å². The zero-order chi connectivity index (χ0) is 10.3. The highest BCUT2D eigenvalue weighted by atomic mass is 19.1. The molecule has 1 unspecified atom stereocenters. The number of rotatable bonds is 3. The molecule has 1 aliphatic heterocycles. The number of fused-ring (bicyclic) bond motifs is 1. The average molecular weight is 208 g/mol. The fraction of sp³-hybridized carbons (Fsp3) is 0.500. The van der Waals surface area contributed by atoms with Gasteiger partial charge in [-0.1, -0.05) is 0 Å². The van der Waals surface area contributed by atoms with E-state index in [1.165, 1.54) is 6.07 Å². The van der Waals surface area contributed by atoms with Gasteiger partial charge in [0.05, 0.1) is 6.61 Å². The lowest BCUT2D eigenvalue weighted by molar-refractivity contribution is 0.261. The van der Waals surface area contributed by atoms with Crippen molar-refractivity contribution < 1.29 is 13.9 Å². The van der Waals surface area contributed by atoms with Crippen molar-refractivity contribution in [3.63, 3.8) is 0 Å². The number of ether oxygens (including phenoxy) is 2. The largest absolute Gasteiger partial charge is 0.490 e. The first-order chi connectivity index (χ1) is 7.34. The van der Waals surface area contributed by atoms with E-state index in [1.807, 2.05) is 0 Å². The van der Waals surface area contributed by atoms with Crippen LogP contribution in [0.15, 0.2) is 12.1 Å². The molecule has 15 heavy (non-hydrogen) atoms. The van der Waals surface area contributed by atoms with E-state index in [4.69, 9.17) is 9.47 Å². The van der Waals surface area contributed by atoms with Crippen molar-refractivity contribution in [1.29, 1.82) is 0 Å². The number of halogens is 1. The molecule has 1 saturated heterocycles. The highest BCUT2D eigenvalue weighted by molar-refractivity contribution is 5.43. The molecule has 1 aromatic rings. The van der Waals surface area contributed by atoms with Crippen LogP contribution in [-0.4, -0.2) is 19.3 Å². The highest BCUT2D eigenvalue weighted by Gasteiger charge is 2.25. The Bertz CT molecular complexity index is 385. The van der Waals surface area contributed by atoms with Crippen molar-refractivity contribution >= 4 is 0 Å². The quantitative estimate of drug-likeness (QED) is 0.709. The Balaban J connectivity index is 1.84. The minimum atomic E-state index is -0.0856. The van der Waals surface area contributed by atoms with E-state index in [0.29, 0.717) is 6.61 Å². The molecule has 0 N–H and O–H groups in total. The van der Waals surface area contributed by atoms with E-state index in [9.17, 15) is 4.39 Å². The molecule has 2 aliphatic rings. The zero-order valence-corrected chi connectivity index (χ0v) is 8.46. The van der Waals surface area contributed by atoms with Gasteiger partial charge in [0.25, 0.3) is 0 Å². The summed E-state index contributed by atoms with van der Waals surface area (Å²) >= 11 is 0. The minimum absolute atomic E-state index is 0.0856. The van der Waals surface area contributed by atoms with Gasteiger partial charge in [-0.2, -0.15) is 0 Å². The third kappa shape index (κ3) is 1.72. The van der Waals surface area contributed by atoms with Crippen molar-refractivity contribution in [3.05, 3.63) is 29.1 Å². The van der Waals surface area contributed by atoms with Crippen LogP contribution in [0.25, 0.3) is 0 Å². The molecule has 1 heterocycles. The molecule has 2 nitrogen and oxygen atoms in total. The standard InChI is InChI=1S/C12H13FO2/c13-11-4-5-12(15-7-8-6-14-8)10-3-1-2-9(10)11/h4-5,8H,1-3,6-7H2. The van der Waals surface area contributed by atoms with Crippen LogP contribution in [0.5, 0.6) is 5.75 Å². The maximum absolute atomic E-state index is 13.4. The first kappa shape index (κ1) is 9.16. The summed E-state index contributed by atoms with van der Waals surface area (Å²) < 4.78 is 24.1. The molecule has 0 spiro atoms. The molecule has 3 heteroatoms. The van der Waals surface area contributed by atoms with Gasteiger partial charge in [0.15, 0.2) is 0 Å². The maximum Gasteiger partial charge on any atom is 0.126 e. The molecule has 0 saturated carbocycles. The summed E-state index contributed by atoms with van der Waals surface area (Å²) in [4.78, 5) is 0. The van der Waals surface area contributed by atoms with Gasteiger partial charge in [-0.15, -0.1) is 0 Å². The van der Waals surface area contributed by atoms with Crippen LogP contribution in [0, 0.1) is 5.82 Å². The molecule has 0 bridgehead atoms. The summed E-state index contributed by atoms with van der Waals surface area (Å²) in [5, 5.41) is 0. The van der Waals surface area contributed by atoms with Crippen molar-refractivity contribution in [1.82, 2.24) is 0 Å². The molecular weight excluding hydrogens is 195 g/mol. The number of epoxide rings is 1. The number of hydrogen-bond acceptors (Lipinski definition) is 2. The van der Waals surface area contributed by atoms with Crippen molar-refractivity contribution in [3.8, 4) is 5.75 Å². The summed E-state index contributed by atoms with van der Waals surface area (Å²) in [5.74, 6) is 0.761. The van der Waals surface area contributed by atoms with Gasteiger partial charge in [0, 0.05) is 5.56 Å². The van der Waals surface area contributed by atoms with Crippen LogP contribution in [0.2, 0.25) is 0 Å². The van der Waals surface area contributed by atoms with E-state index in [1.54, 1.807) is 6.07 Å². The summed E-state index contributed by atoms with van der Waals surface area (Å²) in [6.07, 6.45) is 3.07. The Morgan fingerprint density at radius 3 is 2.93 bits per heavy atom.